The standard InChI is InChI=1S/C42H59N7O6/c1-25(2)37(46-41(52)54-7)40(51)48-23-11-14-36(48)38-43-24-35(45-38)32-21-19-31(20-22-32)30-17-15-29(16-18-30)27(5)44-39(50)34-13-10-9-12-33(34)28(6)49(26(3)4)47-42(53)55-8/h15-22,24-28,33-34,36-37H,9-14,23H2,1-8H3,(H,43,45)(H,44,50)(H,46,52)(H,47,53)/t27-,28-,33?,34-,36-,37-/m0/s1. The van der Waals surface area contributed by atoms with Crippen molar-refractivity contribution in [1.82, 2.24) is 35.9 Å². The lowest BCUT2D eigenvalue weighted by molar-refractivity contribution is -0.135. The van der Waals surface area contributed by atoms with Crippen molar-refractivity contribution in [3.8, 4) is 22.4 Å². The Hall–Kier alpha value is -4.91. The average molecular weight is 758 g/mol. The van der Waals surface area contributed by atoms with Gasteiger partial charge in [-0.2, -0.15) is 0 Å². The number of alkyl carbamates (subject to hydrolysis) is 1. The largest absolute Gasteiger partial charge is 0.453 e. The lowest BCUT2D eigenvalue weighted by Gasteiger charge is -2.42. The Bertz CT molecular complexity index is 1760. The summed E-state index contributed by atoms with van der Waals surface area (Å²) >= 11 is 0. The average Bonchev–Trinajstić information content (AvgIpc) is 3.89. The van der Waals surface area contributed by atoms with Crippen LogP contribution in [0.3, 0.4) is 0 Å². The molecule has 2 aliphatic rings. The number of imidazole rings is 1. The van der Waals surface area contributed by atoms with E-state index in [1.807, 2.05) is 44.5 Å². The molecule has 2 aromatic carbocycles. The van der Waals surface area contributed by atoms with E-state index in [9.17, 15) is 19.2 Å². The van der Waals surface area contributed by atoms with E-state index in [4.69, 9.17) is 9.47 Å². The van der Waals surface area contributed by atoms with E-state index in [2.05, 4.69) is 81.5 Å². The molecule has 13 nitrogen and oxygen atoms in total. The molecule has 1 unspecified atom stereocenters. The van der Waals surface area contributed by atoms with Crippen molar-refractivity contribution in [2.75, 3.05) is 20.8 Å². The second kappa shape index (κ2) is 18.6. The Labute approximate surface area is 325 Å². The number of carbonyl (C=O) groups excluding carboxylic acids is 4. The predicted octanol–water partition coefficient (Wildman–Crippen LogP) is 7.14. The number of nitrogens with one attached hydrogen (secondary N) is 4. The van der Waals surface area contributed by atoms with Crippen LogP contribution < -0.4 is 16.1 Å². The Morgan fingerprint density at radius 3 is 2.04 bits per heavy atom. The van der Waals surface area contributed by atoms with E-state index < -0.39 is 18.2 Å². The van der Waals surface area contributed by atoms with Crippen molar-refractivity contribution >= 4 is 24.0 Å². The zero-order valence-corrected chi connectivity index (χ0v) is 33.6. The maximum Gasteiger partial charge on any atom is 0.421 e. The van der Waals surface area contributed by atoms with Crippen LogP contribution in [0.2, 0.25) is 0 Å². The van der Waals surface area contributed by atoms with Gasteiger partial charge in [0.05, 0.1) is 38.2 Å². The molecule has 55 heavy (non-hydrogen) atoms. The van der Waals surface area contributed by atoms with Crippen molar-refractivity contribution in [1.29, 1.82) is 0 Å². The van der Waals surface area contributed by atoms with Gasteiger partial charge in [0.2, 0.25) is 11.8 Å². The third-order valence-electron chi connectivity index (χ3n) is 11.3. The molecule has 1 aromatic heterocycles. The third kappa shape index (κ3) is 9.86. The SMILES string of the molecule is COC(=O)N[C@H](C(=O)N1CCC[C@H]1c1ncc(-c2ccc(-c3ccc([C@H](C)NC(=O)[C@H]4CCCCC4[C@H](C)N(NC(=O)OC)C(C)C)cc3)cc2)[nH]1)C(C)C. The molecule has 4 amide bonds. The monoisotopic (exact) mass is 757 g/mol. The third-order valence-corrected chi connectivity index (χ3v) is 11.3. The van der Waals surface area contributed by atoms with Gasteiger partial charge in [0, 0.05) is 24.5 Å². The van der Waals surface area contributed by atoms with E-state index in [1.165, 1.54) is 14.2 Å². The topological polar surface area (TPSA) is 158 Å². The Balaban J connectivity index is 1.21. The van der Waals surface area contributed by atoms with Crippen molar-refractivity contribution in [2.24, 2.45) is 17.8 Å². The van der Waals surface area contributed by atoms with Gasteiger partial charge in [-0.15, -0.1) is 0 Å². The minimum atomic E-state index is -0.685. The van der Waals surface area contributed by atoms with Crippen LogP contribution in [-0.2, 0) is 19.1 Å². The van der Waals surface area contributed by atoms with Crippen LogP contribution in [0.5, 0.6) is 0 Å². The zero-order chi connectivity index (χ0) is 39.8. The fraction of sp³-hybridized carbons (Fsp3) is 0.548. The van der Waals surface area contributed by atoms with Gasteiger partial charge >= 0.3 is 12.2 Å². The predicted molar refractivity (Wildman–Crippen MR) is 211 cm³/mol. The van der Waals surface area contributed by atoms with E-state index in [-0.39, 0.29) is 53.7 Å². The minimum absolute atomic E-state index is 0.0411. The number of hydrogen-bond donors (Lipinski definition) is 4. The minimum Gasteiger partial charge on any atom is -0.453 e. The first-order chi connectivity index (χ1) is 26.3. The van der Waals surface area contributed by atoms with Crippen LogP contribution in [-0.4, -0.2) is 82.8 Å². The van der Waals surface area contributed by atoms with Gasteiger partial charge in [0.1, 0.15) is 11.9 Å². The van der Waals surface area contributed by atoms with Gasteiger partial charge in [0.15, 0.2) is 0 Å². The second-order valence-electron chi connectivity index (χ2n) is 15.6. The molecule has 2 fully saturated rings. The maximum absolute atomic E-state index is 13.7. The lowest BCUT2D eigenvalue weighted by atomic mass is 9.74. The molecule has 1 aliphatic carbocycles. The fourth-order valence-corrected chi connectivity index (χ4v) is 8.18. The van der Waals surface area contributed by atoms with Gasteiger partial charge in [-0.25, -0.2) is 19.6 Å². The molecule has 0 radical (unpaired) electrons. The summed E-state index contributed by atoms with van der Waals surface area (Å²) in [5.41, 5.74) is 7.85. The number of carbonyl (C=O) groups is 4. The summed E-state index contributed by atoms with van der Waals surface area (Å²) in [7, 11) is 2.64. The van der Waals surface area contributed by atoms with Gasteiger partial charge in [-0.3, -0.25) is 15.0 Å². The van der Waals surface area contributed by atoms with Crippen LogP contribution in [0.15, 0.2) is 54.7 Å². The molecule has 0 bridgehead atoms. The van der Waals surface area contributed by atoms with Crippen molar-refractivity contribution in [2.45, 2.75) is 110 Å². The van der Waals surface area contributed by atoms with E-state index >= 15 is 0 Å². The summed E-state index contributed by atoms with van der Waals surface area (Å²) in [6, 6.07) is 15.5. The number of amides is 4. The van der Waals surface area contributed by atoms with Crippen LogP contribution >= 0.6 is 0 Å². The molecule has 1 saturated heterocycles. The number of likely N-dealkylation sites (tertiary alicyclic amines) is 1. The molecule has 2 heterocycles. The first kappa shape index (κ1) is 41.3. The number of H-pyrrole nitrogens is 1. The highest BCUT2D eigenvalue weighted by molar-refractivity contribution is 5.86. The molecule has 4 N–H and O–H groups in total. The molecular formula is C42H59N7O6. The number of aromatic nitrogens is 2. The first-order valence-corrected chi connectivity index (χ1v) is 19.7. The molecule has 13 heteroatoms. The van der Waals surface area contributed by atoms with Gasteiger partial charge < -0.3 is 30.0 Å². The Morgan fingerprint density at radius 2 is 1.42 bits per heavy atom. The highest BCUT2D eigenvalue weighted by atomic mass is 16.5. The highest BCUT2D eigenvalue weighted by Gasteiger charge is 2.39. The number of aromatic amines is 1. The summed E-state index contributed by atoms with van der Waals surface area (Å²) in [4.78, 5) is 61.2. The van der Waals surface area contributed by atoms with Crippen molar-refractivity contribution < 1.29 is 28.7 Å². The van der Waals surface area contributed by atoms with E-state index in [0.717, 1.165) is 72.3 Å². The number of ether oxygens (including phenoxy) is 2. The number of hydrazine groups is 1. The molecule has 0 spiro atoms. The first-order valence-electron chi connectivity index (χ1n) is 19.7. The second-order valence-corrected chi connectivity index (χ2v) is 15.6. The van der Waals surface area contributed by atoms with Gasteiger partial charge in [-0.05, 0) is 87.5 Å². The Morgan fingerprint density at radius 1 is 0.800 bits per heavy atom. The van der Waals surface area contributed by atoms with Crippen LogP contribution in [0.1, 0.15) is 104 Å². The highest BCUT2D eigenvalue weighted by Crippen LogP contribution is 2.36. The summed E-state index contributed by atoms with van der Waals surface area (Å²) in [5, 5.41) is 7.89. The van der Waals surface area contributed by atoms with E-state index in [0.29, 0.717) is 6.54 Å². The smallest absolute Gasteiger partial charge is 0.421 e. The summed E-state index contributed by atoms with van der Waals surface area (Å²) in [6.45, 7) is 12.5. The molecule has 5 rings (SSSR count). The molecular weight excluding hydrogens is 699 g/mol. The number of nitrogens with zero attached hydrogens (tertiary/aromatic N) is 3. The van der Waals surface area contributed by atoms with E-state index in [1.54, 1.807) is 6.20 Å². The van der Waals surface area contributed by atoms with Crippen LogP contribution in [0, 0.1) is 17.8 Å². The van der Waals surface area contributed by atoms with Crippen LogP contribution in [0.25, 0.3) is 22.4 Å². The number of methoxy groups -OCH3 is 2. The lowest BCUT2D eigenvalue weighted by Crippen LogP contribution is -2.56. The number of hydrogen-bond acceptors (Lipinski definition) is 8. The Kier molecular flexibility index (Phi) is 14.0. The quantitative estimate of drug-likeness (QED) is 0.134. The fourth-order valence-electron chi connectivity index (χ4n) is 8.18. The number of benzene rings is 2. The number of rotatable bonds is 13. The molecule has 1 aliphatic heterocycles. The molecule has 1 saturated carbocycles. The normalized spacial score (nSPS) is 20.2. The van der Waals surface area contributed by atoms with Crippen molar-refractivity contribution in [3.05, 3.63) is 66.1 Å². The molecule has 298 valence electrons. The van der Waals surface area contributed by atoms with Crippen molar-refractivity contribution in [3.63, 3.8) is 0 Å². The summed E-state index contributed by atoms with van der Waals surface area (Å²) in [5.74, 6) is 0.483. The van der Waals surface area contributed by atoms with Gasteiger partial charge in [0.25, 0.3) is 0 Å². The summed E-state index contributed by atoms with van der Waals surface area (Å²) < 4.78 is 9.61. The van der Waals surface area contributed by atoms with Gasteiger partial charge in [-0.1, -0.05) is 75.2 Å². The molecule has 3 aromatic rings. The zero-order valence-electron chi connectivity index (χ0n) is 33.6. The molecule has 6 atom stereocenters. The van der Waals surface area contributed by atoms with Crippen LogP contribution in [0.4, 0.5) is 9.59 Å². The summed E-state index contributed by atoms with van der Waals surface area (Å²) in [6.07, 6.45) is 6.12. The maximum atomic E-state index is 13.7.